The van der Waals surface area contributed by atoms with Gasteiger partial charge in [-0.3, -0.25) is 4.99 Å². The summed E-state index contributed by atoms with van der Waals surface area (Å²) in [5, 5.41) is 3.96. The number of nitrogens with zero attached hydrogens (tertiary/aromatic N) is 1. The van der Waals surface area contributed by atoms with Gasteiger partial charge in [0.1, 0.15) is 0 Å². The van der Waals surface area contributed by atoms with E-state index in [0.29, 0.717) is 6.54 Å². The van der Waals surface area contributed by atoms with Gasteiger partial charge < -0.3 is 4.98 Å². The third-order valence-corrected chi connectivity index (χ3v) is 6.35. The lowest BCUT2D eigenvalue weighted by Gasteiger charge is -2.10. The molecule has 0 atom stereocenters. The lowest BCUT2D eigenvalue weighted by molar-refractivity contribution is 0.951. The van der Waals surface area contributed by atoms with Crippen LogP contribution in [0.4, 0.5) is 0 Å². The summed E-state index contributed by atoms with van der Waals surface area (Å²) < 4.78 is 0. The number of hydrogen-bond donors (Lipinski definition) is 1. The van der Waals surface area contributed by atoms with Gasteiger partial charge in [0, 0.05) is 28.4 Å². The van der Waals surface area contributed by atoms with Gasteiger partial charge in [-0.25, -0.2) is 0 Å². The molecule has 2 nitrogen and oxygen atoms in total. The van der Waals surface area contributed by atoms with Gasteiger partial charge in [-0.2, -0.15) is 0 Å². The molecule has 0 bridgehead atoms. The van der Waals surface area contributed by atoms with Crippen molar-refractivity contribution < 1.29 is 0 Å². The Morgan fingerprint density at radius 2 is 1.62 bits per heavy atom. The van der Waals surface area contributed by atoms with Crippen molar-refractivity contribution >= 4 is 34.0 Å². The van der Waals surface area contributed by atoms with Crippen LogP contribution in [0.15, 0.2) is 96.0 Å². The molecule has 1 aliphatic carbocycles. The number of hydrogen-bond acceptors (Lipinski definition) is 1. The number of aromatic nitrogens is 1. The van der Waals surface area contributed by atoms with Gasteiger partial charge in [-0.05, 0) is 51.9 Å². The molecule has 6 rings (SSSR count). The van der Waals surface area contributed by atoms with E-state index in [0.717, 1.165) is 18.4 Å². The number of aromatic amines is 1. The van der Waals surface area contributed by atoms with Gasteiger partial charge in [0.15, 0.2) is 0 Å². The van der Waals surface area contributed by atoms with Crippen molar-refractivity contribution in [3.8, 4) is 11.1 Å². The molecule has 1 heterocycles. The molecule has 4 aromatic carbocycles. The van der Waals surface area contributed by atoms with E-state index in [1.54, 1.807) is 0 Å². The summed E-state index contributed by atoms with van der Waals surface area (Å²) in [6.07, 6.45) is 8.73. The molecule has 0 saturated carbocycles. The molecule has 5 aromatic rings. The minimum absolute atomic E-state index is 0.704. The van der Waals surface area contributed by atoms with Gasteiger partial charge in [0.25, 0.3) is 0 Å². The highest BCUT2D eigenvalue weighted by Gasteiger charge is 2.16. The van der Waals surface area contributed by atoms with Crippen molar-refractivity contribution in [1.29, 1.82) is 0 Å². The Bertz CT molecular complexity index is 1470. The van der Waals surface area contributed by atoms with Crippen LogP contribution >= 0.6 is 0 Å². The van der Waals surface area contributed by atoms with Gasteiger partial charge >= 0.3 is 0 Å². The van der Waals surface area contributed by atoms with E-state index in [-0.39, 0.29) is 0 Å². The van der Waals surface area contributed by atoms with Crippen LogP contribution in [-0.2, 0) is 13.0 Å². The van der Waals surface area contributed by atoms with E-state index in [1.165, 1.54) is 49.6 Å². The zero-order valence-corrected chi connectivity index (χ0v) is 17.9. The molecule has 0 amide bonds. The lowest BCUT2D eigenvalue weighted by Crippen LogP contribution is -1.90. The van der Waals surface area contributed by atoms with Gasteiger partial charge in [0.2, 0.25) is 0 Å². The third kappa shape index (κ3) is 3.34. The molecule has 32 heavy (non-hydrogen) atoms. The summed E-state index contributed by atoms with van der Waals surface area (Å²) in [4.78, 5) is 8.31. The van der Waals surface area contributed by atoms with Crippen molar-refractivity contribution in [3.63, 3.8) is 0 Å². The molecule has 1 aliphatic rings. The first-order chi connectivity index (χ1) is 15.9. The van der Waals surface area contributed by atoms with Crippen molar-refractivity contribution in [1.82, 2.24) is 4.98 Å². The highest BCUT2D eigenvalue weighted by atomic mass is 14.7. The number of fused-ring (bicyclic) bond motifs is 5. The van der Waals surface area contributed by atoms with Crippen LogP contribution in [0.25, 0.3) is 38.9 Å². The third-order valence-electron chi connectivity index (χ3n) is 6.35. The average Bonchev–Trinajstić information content (AvgIpc) is 3.23. The van der Waals surface area contributed by atoms with E-state index in [4.69, 9.17) is 0 Å². The molecule has 0 unspecified atom stereocenters. The molecular formula is C30H24N2. The normalized spacial score (nSPS) is 13.2. The second-order valence-electron chi connectivity index (χ2n) is 8.43. The predicted molar refractivity (Wildman–Crippen MR) is 136 cm³/mol. The zero-order valence-electron chi connectivity index (χ0n) is 17.9. The molecule has 0 saturated heterocycles. The number of aliphatic imine (C=N–C) groups is 1. The molecular weight excluding hydrogens is 388 g/mol. The summed E-state index contributed by atoms with van der Waals surface area (Å²) in [6, 6.07) is 30.2. The van der Waals surface area contributed by atoms with Crippen molar-refractivity contribution in [2.75, 3.05) is 0 Å². The monoisotopic (exact) mass is 412 g/mol. The van der Waals surface area contributed by atoms with Crippen LogP contribution in [0.3, 0.4) is 0 Å². The van der Waals surface area contributed by atoms with Gasteiger partial charge in [0.05, 0.1) is 6.54 Å². The molecule has 0 radical (unpaired) electrons. The first-order valence-electron chi connectivity index (χ1n) is 11.2. The Balaban J connectivity index is 1.38. The second kappa shape index (κ2) is 7.97. The fraction of sp³-hybridized carbons (Fsp3) is 0.100. The van der Waals surface area contributed by atoms with Crippen LogP contribution in [0, 0.1) is 0 Å². The maximum atomic E-state index is 4.61. The first kappa shape index (κ1) is 18.8. The van der Waals surface area contributed by atoms with Gasteiger partial charge in [-0.15, -0.1) is 0 Å². The Hall–Kier alpha value is -3.91. The summed E-state index contributed by atoms with van der Waals surface area (Å²) >= 11 is 0. The SMILES string of the molecule is C1=Cc2c([nH]c3cc(-c4ccc(/C=N/Cc5ccccc5)cc4)c4ccccc4c23)CC1. The number of aryl methyl sites for hydroxylation is 1. The van der Waals surface area contributed by atoms with Gasteiger partial charge in [-0.1, -0.05) is 91.0 Å². The summed E-state index contributed by atoms with van der Waals surface area (Å²) in [5.74, 6) is 0. The Morgan fingerprint density at radius 1 is 0.844 bits per heavy atom. The summed E-state index contributed by atoms with van der Waals surface area (Å²) in [5.41, 5.74) is 8.78. The molecule has 1 N–H and O–H groups in total. The number of H-pyrrole nitrogens is 1. The first-order valence-corrected chi connectivity index (χ1v) is 11.2. The van der Waals surface area contributed by atoms with Crippen LogP contribution in [0.5, 0.6) is 0 Å². The predicted octanol–water partition coefficient (Wildman–Crippen LogP) is 7.57. The van der Waals surface area contributed by atoms with Crippen LogP contribution < -0.4 is 0 Å². The Kier molecular flexibility index (Phi) is 4.69. The highest BCUT2D eigenvalue weighted by molar-refractivity contribution is 6.16. The molecule has 0 spiro atoms. The molecule has 0 aliphatic heterocycles. The van der Waals surface area contributed by atoms with E-state index >= 15 is 0 Å². The molecule has 1 aromatic heterocycles. The minimum atomic E-state index is 0.704. The van der Waals surface area contributed by atoms with Crippen LogP contribution in [0.1, 0.15) is 28.8 Å². The van der Waals surface area contributed by atoms with E-state index in [1.807, 2.05) is 12.3 Å². The topological polar surface area (TPSA) is 28.1 Å². The maximum absolute atomic E-state index is 4.61. The zero-order chi connectivity index (χ0) is 21.3. The van der Waals surface area contributed by atoms with Crippen molar-refractivity contribution in [2.24, 2.45) is 4.99 Å². The van der Waals surface area contributed by atoms with E-state index in [9.17, 15) is 0 Å². The number of rotatable bonds is 4. The Morgan fingerprint density at radius 3 is 2.47 bits per heavy atom. The van der Waals surface area contributed by atoms with Crippen molar-refractivity contribution in [3.05, 3.63) is 113 Å². The second-order valence-corrected chi connectivity index (χ2v) is 8.43. The summed E-state index contributed by atoms with van der Waals surface area (Å²) in [6.45, 7) is 0.704. The molecule has 0 fully saturated rings. The Labute approximate surface area is 188 Å². The summed E-state index contributed by atoms with van der Waals surface area (Å²) in [7, 11) is 0. The van der Waals surface area contributed by atoms with Crippen molar-refractivity contribution in [2.45, 2.75) is 19.4 Å². The molecule has 154 valence electrons. The quantitative estimate of drug-likeness (QED) is 0.295. The highest BCUT2D eigenvalue weighted by Crippen LogP contribution is 2.39. The molecule has 2 heteroatoms. The largest absolute Gasteiger partial charge is 0.358 e. The number of allylic oxidation sites excluding steroid dienone is 1. The van der Waals surface area contributed by atoms with Crippen LogP contribution in [-0.4, -0.2) is 11.2 Å². The fourth-order valence-corrected chi connectivity index (χ4v) is 4.78. The van der Waals surface area contributed by atoms with E-state index in [2.05, 4.69) is 101 Å². The number of nitrogens with one attached hydrogen (secondary N) is 1. The number of benzene rings is 4. The van der Waals surface area contributed by atoms with Crippen LogP contribution in [0.2, 0.25) is 0 Å². The minimum Gasteiger partial charge on any atom is -0.358 e. The lowest BCUT2D eigenvalue weighted by atomic mass is 9.93. The standard InChI is InChI=1S/C30H24N2/c1-2-8-21(9-3-1)19-31-20-22-14-16-23(17-15-22)27-18-29-30(25-11-5-4-10-24(25)27)26-12-6-7-13-28(26)32-29/h1-6,8-12,14-18,20,32H,7,13,19H2/b31-20+. The van der Waals surface area contributed by atoms with E-state index < -0.39 is 0 Å². The maximum Gasteiger partial charge on any atom is 0.0639 e. The fourth-order valence-electron chi connectivity index (χ4n) is 4.78. The average molecular weight is 413 g/mol. The smallest absolute Gasteiger partial charge is 0.0639 e.